The van der Waals surface area contributed by atoms with Crippen molar-refractivity contribution < 1.29 is 13.2 Å². The van der Waals surface area contributed by atoms with Crippen molar-refractivity contribution >= 4 is 15.9 Å². The molecule has 1 aromatic carbocycles. The van der Waals surface area contributed by atoms with Crippen molar-refractivity contribution in [2.45, 2.75) is 17.7 Å². The first kappa shape index (κ1) is 21.6. The number of sulfonamides is 1. The third-order valence-corrected chi connectivity index (χ3v) is 6.03. The summed E-state index contributed by atoms with van der Waals surface area (Å²) in [5.74, 6) is -0.254. The molecule has 2 rings (SSSR count). The van der Waals surface area contributed by atoms with Gasteiger partial charge in [-0.3, -0.25) is 4.79 Å². The summed E-state index contributed by atoms with van der Waals surface area (Å²) in [6.45, 7) is 9.68. The van der Waals surface area contributed by atoms with Crippen LogP contribution in [0.25, 0.3) is 0 Å². The Hall–Kier alpha value is -1.74. The SMILES string of the molecule is C=CCNS(=O)(=O)c1cccc(C(=O)NCCCCN2CCN(C)CC2)c1. The molecular weight excluding hydrogens is 364 g/mol. The van der Waals surface area contributed by atoms with Gasteiger partial charge in [-0.2, -0.15) is 0 Å². The fourth-order valence-electron chi connectivity index (χ4n) is 2.89. The minimum absolute atomic E-state index is 0.0760. The summed E-state index contributed by atoms with van der Waals surface area (Å²) in [4.78, 5) is 17.1. The first-order valence-corrected chi connectivity index (χ1v) is 10.8. The lowest BCUT2D eigenvalue weighted by molar-refractivity contribution is 0.0951. The maximum absolute atomic E-state index is 12.3. The predicted molar refractivity (Wildman–Crippen MR) is 107 cm³/mol. The summed E-state index contributed by atoms with van der Waals surface area (Å²) in [5.41, 5.74) is 0.343. The Morgan fingerprint density at radius 3 is 2.67 bits per heavy atom. The number of hydrogen-bond donors (Lipinski definition) is 2. The van der Waals surface area contributed by atoms with Gasteiger partial charge in [-0.25, -0.2) is 13.1 Å². The summed E-state index contributed by atoms with van der Waals surface area (Å²) in [7, 11) is -1.49. The zero-order chi connectivity index (χ0) is 19.7. The molecule has 0 spiro atoms. The number of likely N-dealkylation sites (N-methyl/N-ethyl adjacent to an activating group) is 1. The molecule has 1 amide bonds. The molecule has 0 aliphatic carbocycles. The van der Waals surface area contributed by atoms with E-state index in [4.69, 9.17) is 0 Å². The smallest absolute Gasteiger partial charge is 0.251 e. The number of carbonyl (C=O) groups is 1. The van der Waals surface area contributed by atoms with Gasteiger partial charge in [0.05, 0.1) is 4.90 Å². The van der Waals surface area contributed by atoms with Gasteiger partial charge < -0.3 is 15.1 Å². The van der Waals surface area contributed by atoms with E-state index in [1.54, 1.807) is 12.1 Å². The van der Waals surface area contributed by atoms with Gasteiger partial charge in [0.25, 0.3) is 5.91 Å². The average Bonchev–Trinajstić information content (AvgIpc) is 2.67. The number of nitrogens with zero attached hydrogens (tertiary/aromatic N) is 2. The molecule has 1 aromatic rings. The second kappa shape index (κ2) is 10.6. The van der Waals surface area contributed by atoms with Crippen LogP contribution in [0.3, 0.4) is 0 Å². The number of piperazine rings is 1. The van der Waals surface area contributed by atoms with Crippen LogP contribution in [0.1, 0.15) is 23.2 Å². The van der Waals surface area contributed by atoms with E-state index >= 15 is 0 Å². The van der Waals surface area contributed by atoms with Crippen LogP contribution < -0.4 is 10.0 Å². The van der Waals surface area contributed by atoms with E-state index in [1.165, 1.54) is 18.2 Å². The van der Waals surface area contributed by atoms with E-state index in [0.717, 1.165) is 45.6 Å². The second-order valence-electron chi connectivity index (χ2n) is 6.78. The first-order chi connectivity index (χ1) is 12.9. The summed E-state index contributed by atoms with van der Waals surface area (Å²) < 4.78 is 26.7. The van der Waals surface area contributed by atoms with Crippen molar-refractivity contribution in [3.8, 4) is 0 Å². The van der Waals surface area contributed by atoms with Crippen molar-refractivity contribution in [2.75, 3.05) is 52.9 Å². The Balaban J connectivity index is 1.75. The zero-order valence-corrected chi connectivity index (χ0v) is 16.8. The van der Waals surface area contributed by atoms with Crippen LogP contribution in [-0.4, -0.2) is 77.0 Å². The maximum Gasteiger partial charge on any atom is 0.251 e. The van der Waals surface area contributed by atoms with Crippen molar-refractivity contribution in [1.82, 2.24) is 19.8 Å². The van der Waals surface area contributed by atoms with Crippen LogP contribution in [-0.2, 0) is 10.0 Å². The van der Waals surface area contributed by atoms with Gasteiger partial charge in [-0.15, -0.1) is 6.58 Å². The highest BCUT2D eigenvalue weighted by Crippen LogP contribution is 2.11. The Labute approximate surface area is 162 Å². The maximum atomic E-state index is 12.3. The Kier molecular flexibility index (Phi) is 8.43. The van der Waals surface area contributed by atoms with Gasteiger partial charge >= 0.3 is 0 Å². The molecular formula is C19H30N4O3S. The molecule has 2 N–H and O–H groups in total. The van der Waals surface area contributed by atoms with Crippen molar-refractivity contribution in [3.63, 3.8) is 0 Å². The fourth-order valence-corrected chi connectivity index (χ4v) is 3.94. The number of benzene rings is 1. The molecule has 0 bridgehead atoms. The summed E-state index contributed by atoms with van der Waals surface area (Å²) >= 11 is 0. The molecule has 27 heavy (non-hydrogen) atoms. The molecule has 8 heteroatoms. The molecule has 1 heterocycles. The van der Waals surface area contributed by atoms with Crippen LogP contribution in [0.5, 0.6) is 0 Å². The van der Waals surface area contributed by atoms with Gasteiger partial charge in [0.2, 0.25) is 10.0 Å². The van der Waals surface area contributed by atoms with E-state index in [9.17, 15) is 13.2 Å². The predicted octanol–water partition coefficient (Wildman–Crippen LogP) is 0.908. The summed E-state index contributed by atoms with van der Waals surface area (Å²) in [5, 5.41) is 2.87. The van der Waals surface area contributed by atoms with Gasteiger partial charge in [-0.05, 0) is 44.6 Å². The van der Waals surface area contributed by atoms with Crippen molar-refractivity contribution in [2.24, 2.45) is 0 Å². The van der Waals surface area contributed by atoms with Gasteiger partial charge in [0.15, 0.2) is 0 Å². The molecule has 150 valence electrons. The summed E-state index contributed by atoms with van der Waals surface area (Å²) in [6.07, 6.45) is 3.40. The first-order valence-electron chi connectivity index (χ1n) is 9.32. The summed E-state index contributed by atoms with van der Waals surface area (Å²) in [6, 6.07) is 6.06. The molecule has 1 saturated heterocycles. The lowest BCUT2D eigenvalue weighted by Gasteiger charge is -2.32. The molecule has 0 radical (unpaired) electrons. The number of hydrogen-bond acceptors (Lipinski definition) is 5. The third kappa shape index (κ3) is 7.06. The minimum atomic E-state index is -3.63. The molecule has 7 nitrogen and oxygen atoms in total. The molecule has 0 unspecified atom stereocenters. The zero-order valence-electron chi connectivity index (χ0n) is 16.0. The molecule has 1 aliphatic rings. The van der Waals surface area contributed by atoms with Crippen LogP contribution in [0.2, 0.25) is 0 Å². The topological polar surface area (TPSA) is 81.7 Å². The number of amides is 1. The van der Waals surface area contributed by atoms with Crippen LogP contribution in [0.4, 0.5) is 0 Å². The number of nitrogens with one attached hydrogen (secondary N) is 2. The normalized spacial score (nSPS) is 16.2. The van der Waals surface area contributed by atoms with E-state index in [1.807, 2.05) is 0 Å². The fraction of sp³-hybridized carbons (Fsp3) is 0.526. The Bertz CT molecular complexity index is 728. The standard InChI is InChI=1S/C19H30N4O3S/c1-3-9-21-27(25,26)18-8-6-7-17(16-18)19(24)20-10-4-5-11-23-14-12-22(2)13-15-23/h3,6-8,16,21H,1,4-5,9-15H2,2H3,(H,20,24). The van der Waals surface area contributed by atoms with Gasteiger partial charge in [0, 0.05) is 44.8 Å². The van der Waals surface area contributed by atoms with Gasteiger partial charge in [-0.1, -0.05) is 12.1 Å². The number of unbranched alkanes of at least 4 members (excludes halogenated alkanes) is 1. The molecule has 0 aromatic heterocycles. The van der Waals surface area contributed by atoms with E-state index < -0.39 is 10.0 Å². The van der Waals surface area contributed by atoms with E-state index in [0.29, 0.717) is 12.1 Å². The van der Waals surface area contributed by atoms with Crippen molar-refractivity contribution in [1.29, 1.82) is 0 Å². The highest BCUT2D eigenvalue weighted by atomic mass is 32.2. The molecule has 0 saturated carbocycles. The largest absolute Gasteiger partial charge is 0.352 e. The van der Waals surface area contributed by atoms with E-state index in [-0.39, 0.29) is 17.3 Å². The van der Waals surface area contributed by atoms with Crippen molar-refractivity contribution in [3.05, 3.63) is 42.5 Å². The van der Waals surface area contributed by atoms with Crippen LogP contribution in [0, 0.1) is 0 Å². The average molecular weight is 395 g/mol. The highest BCUT2D eigenvalue weighted by molar-refractivity contribution is 7.89. The quantitative estimate of drug-likeness (QED) is 0.455. The second-order valence-corrected chi connectivity index (χ2v) is 8.54. The third-order valence-electron chi connectivity index (χ3n) is 4.61. The van der Waals surface area contributed by atoms with Crippen LogP contribution >= 0.6 is 0 Å². The van der Waals surface area contributed by atoms with E-state index in [2.05, 4.69) is 33.5 Å². The molecule has 1 fully saturated rings. The Morgan fingerprint density at radius 2 is 1.96 bits per heavy atom. The Morgan fingerprint density at radius 1 is 1.22 bits per heavy atom. The number of carbonyl (C=O) groups excluding carboxylic acids is 1. The van der Waals surface area contributed by atoms with Gasteiger partial charge in [0.1, 0.15) is 0 Å². The molecule has 0 atom stereocenters. The molecule has 1 aliphatic heterocycles. The van der Waals surface area contributed by atoms with Crippen LogP contribution in [0.15, 0.2) is 41.8 Å². The monoisotopic (exact) mass is 394 g/mol. The lowest BCUT2D eigenvalue weighted by atomic mass is 10.2. The number of rotatable bonds is 10. The minimum Gasteiger partial charge on any atom is -0.352 e. The highest BCUT2D eigenvalue weighted by Gasteiger charge is 2.15. The lowest BCUT2D eigenvalue weighted by Crippen LogP contribution is -2.44.